The van der Waals surface area contributed by atoms with E-state index in [0.29, 0.717) is 0 Å². The first kappa shape index (κ1) is 17.6. The number of methoxy groups -OCH3 is 1. The number of nitrogens with two attached hydrogens (primary N) is 1. The van der Waals surface area contributed by atoms with E-state index in [1.165, 1.54) is 19.2 Å². The zero-order valence-electron chi connectivity index (χ0n) is 8.81. The molecule has 97 valence electrons. The van der Waals surface area contributed by atoms with Gasteiger partial charge >= 0.3 is 17.1 Å². The van der Waals surface area contributed by atoms with E-state index in [9.17, 15) is 10.2 Å². The van der Waals surface area contributed by atoms with Gasteiger partial charge in [0.2, 0.25) is 0 Å². The minimum absolute atomic E-state index is 0. The Balaban J connectivity index is 0. The van der Waals surface area contributed by atoms with Gasteiger partial charge in [0.1, 0.15) is 5.75 Å². The second kappa shape index (κ2) is 8.40. The molecular weight excluding hydrogens is 278 g/mol. The van der Waals surface area contributed by atoms with E-state index < -0.39 is 6.02 Å². The fourth-order valence-electron chi connectivity index (χ4n) is 0.943. The molecule has 0 saturated heterocycles. The van der Waals surface area contributed by atoms with Crippen molar-refractivity contribution in [1.82, 2.24) is 0 Å². The Bertz CT molecular complexity index is 405. The van der Waals surface area contributed by atoms with Gasteiger partial charge in [0, 0.05) is 0 Å². The van der Waals surface area contributed by atoms with Crippen LogP contribution >= 0.6 is 0 Å². The summed E-state index contributed by atoms with van der Waals surface area (Å²) in [5, 5.41) is 28.1. The standard InChI is InChI=1S/C9H11N3O3.Cu.H2O/c1-15-7-4-2-3-6(8(7)13)5-11-12-9(10)14;;/h2-5,13H,1H3,(H3,10,12,14);;1H2/q;+2;/p-2. The normalized spacial score (nSPS) is 10.5. The molecular formula is C9H11CuN3O4. The summed E-state index contributed by atoms with van der Waals surface area (Å²) in [7, 11) is 1.39. The largest absolute Gasteiger partial charge is 2.00 e. The van der Waals surface area contributed by atoms with Gasteiger partial charge < -0.3 is 26.2 Å². The van der Waals surface area contributed by atoms with Crippen LogP contribution in [0.25, 0.3) is 0 Å². The summed E-state index contributed by atoms with van der Waals surface area (Å²) in [6, 6.07) is 3.78. The van der Waals surface area contributed by atoms with Crippen molar-refractivity contribution in [2.45, 2.75) is 0 Å². The molecule has 0 amide bonds. The van der Waals surface area contributed by atoms with Gasteiger partial charge in [0.15, 0.2) is 0 Å². The van der Waals surface area contributed by atoms with Crippen LogP contribution in [-0.4, -0.2) is 24.8 Å². The first-order chi connectivity index (χ1) is 7.15. The molecule has 17 heavy (non-hydrogen) atoms. The van der Waals surface area contributed by atoms with Gasteiger partial charge in [-0.2, -0.15) is 5.10 Å². The summed E-state index contributed by atoms with van der Waals surface area (Å²) < 4.78 is 4.82. The molecule has 0 unspecified atom stereocenters. The molecule has 0 spiro atoms. The molecule has 1 aromatic carbocycles. The average molecular weight is 289 g/mol. The average Bonchev–Trinajstić information content (AvgIpc) is 2.20. The molecule has 0 atom stereocenters. The van der Waals surface area contributed by atoms with Gasteiger partial charge in [-0.25, -0.2) is 0 Å². The molecule has 0 heterocycles. The third kappa shape index (κ3) is 5.21. The number of ether oxygens (including phenoxy) is 1. The van der Waals surface area contributed by atoms with E-state index in [-0.39, 0.29) is 39.6 Å². The van der Waals surface area contributed by atoms with Crippen LogP contribution < -0.4 is 20.7 Å². The number of benzene rings is 1. The Morgan fingerprint density at radius 1 is 1.47 bits per heavy atom. The number of rotatable bonds is 3. The number of nitrogens with zero attached hydrogens (tertiary/aromatic N) is 2. The number of hydrogen-bond acceptors (Lipinski definition) is 5. The molecule has 7 nitrogen and oxygen atoms in total. The van der Waals surface area contributed by atoms with E-state index in [1.807, 2.05) is 0 Å². The van der Waals surface area contributed by atoms with Crippen molar-refractivity contribution >= 4 is 12.2 Å². The van der Waals surface area contributed by atoms with E-state index in [4.69, 9.17) is 10.5 Å². The van der Waals surface area contributed by atoms with Crippen LogP contribution in [0, 0.1) is 0 Å². The number of amidine groups is 1. The summed E-state index contributed by atoms with van der Waals surface area (Å²) in [5.74, 6) is -0.110. The molecule has 0 aliphatic carbocycles. The van der Waals surface area contributed by atoms with Crippen LogP contribution in [0.4, 0.5) is 0 Å². The molecule has 0 fully saturated rings. The van der Waals surface area contributed by atoms with Crippen molar-refractivity contribution in [3.63, 3.8) is 0 Å². The Labute approximate surface area is 108 Å². The molecule has 1 aromatic rings. The van der Waals surface area contributed by atoms with E-state index in [0.717, 1.165) is 6.21 Å². The first-order valence-electron chi connectivity index (χ1n) is 4.02. The van der Waals surface area contributed by atoms with Gasteiger partial charge in [-0.3, -0.25) is 0 Å². The summed E-state index contributed by atoms with van der Waals surface area (Å²) >= 11 is 0. The van der Waals surface area contributed by atoms with Crippen LogP contribution in [0.2, 0.25) is 0 Å². The molecule has 1 rings (SSSR count). The molecule has 0 aliphatic rings. The van der Waals surface area contributed by atoms with Crippen LogP contribution in [0.15, 0.2) is 28.4 Å². The van der Waals surface area contributed by atoms with Gasteiger partial charge in [0.05, 0.1) is 19.3 Å². The van der Waals surface area contributed by atoms with Gasteiger partial charge in [-0.05, 0) is 11.6 Å². The summed E-state index contributed by atoms with van der Waals surface area (Å²) in [5.41, 5.74) is 5.01. The van der Waals surface area contributed by atoms with Crippen molar-refractivity contribution < 1.29 is 37.5 Å². The molecule has 0 saturated carbocycles. The van der Waals surface area contributed by atoms with Crippen molar-refractivity contribution in [3.05, 3.63) is 23.8 Å². The molecule has 0 aromatic heterocycles. The van der Waals surface area contributed by atoms with Gasteiger partial charge in [-0.15, -0.1) is 5.10 Å². The van der Waals surface area contributed by atoms with E-state index >= 15 is 0 Å². The monoisotopic (exact) mass is 288 g/mol. The number of hydrogen-bond donors (Lipinski definition) is 1. The Morgan fingerprint density at radius 2 is 2.12 bits per heavy atom. The molecule has 1 radical (unpaired) electrons. The van der Waals surface area contributed by atoms with Crippen LogP contribution in [0.3, 0.4) is 0 Å². The van der Waals surface area contributed by atoms with Gasteiger partial charge in [-0.1, -0.05) is 17.9 Å². The Hall–Kier alpha value is -1.76. The van der Waals surface area contributed by atoms with E-state index in [1.54, 1.807) is 6.07 Å². The van der Waals surface area contributed by atoms with Crippen LogP contribution in [0.5, 0.6) is 11.5 Å². The predicted octanol–water partition coefficient (Wildman–Crippen LogP) is -2.05. The molecule has 8 heteroatoms. The van der Waals surface area contributed by atoms with Gasteiger partial charge in [0.25, 0.3) is 0 Å². The summed E-state index contributed by atoms with van der Waals surface area (Å²) in [6.07, 6.45) is 1.15. The maximum Gasteiger partial charge on any atom is 2.00 e. The predicted molar refractivity (Wildman–Crippen MR) is 55.3 cm³/mol. The summed E-state index contributed by atoms with van der Waals surface area (Å²) in [6.45, 7) is 0. The van der Waals surface area contributed by atoms with Crippen LogP contribution in [-0.2, 0) is 17.1 Å². The third-order valence-electron chi connectivity index (χ3n) is 1.58. The topological polar surface area (TPSA) is 138 Å². The van der Waals surface area contributed by atoms with Crippen molar-refractivity contribution in [3.8, 4) is 11.5 Å². The maximum atomic E-state index is 11.5. The zero-order valence-corrected chi connectivity index (χ0v) is 9.75. The molecule has 0 aliphatic heterocycles. The van der Waals surface area contributed by atoms with Crippen molar-refractivity contribution in [1.29, 1.82) is 0 Å². The third-order valence-corrected chi connectivity index (χ3v) is 1.58. The number of para-hydroxylation sites is 1. The van der Waals surface area contributed by atoms with E-state index in [2.05, 4.69) is 10.2 Å². The molecule has 4 N–H and O–H groups in total. The van der Waals surface area contributed by atoms with Crippen molar-refractivity contribution in [2.75, 3.05) is 7.11 Å². The maximum absolute atomic E-state index is 11.5. The minimum Gasteiger partial charge on any atom is -0.870 e. The second-order valence-corrected chi connectivity index (χ2v) is 2.56. The fraction of sp³-hybridized carbons (Fsp3) is 0.111. The Morgan fingerprint density at radius 3 is 2.65 bits per heavy atom. The zero-order chi connectivity index (χ0) is 11.3. The quantitative estimate of drug-likeness (QED) is 0.296. The first-order valence-corrected chi connectivity index (χ1v) is 4.02. The minimum atomic E-state index is -0.915. The molecule has 0 bridgehead atoms. The van der Waals surface area contributed by atoms with Crippen LogP contribution in [0.1, 0.15) is 5.56 Å². The SMILES string of the molecule is COc1cccc(C=N/N=C(/N)[O-])c1[O-].O.[Cu+2]. The second-order valence-electron chi connectivity index (χ2n) is 2.56. The smallest absolute Gasteiger partial charge is 0.870 e. The van der Waals surface area contributed by atoms with Crippen molar-refractivity contribution in [2.24, 2.45) is 15.9 Å². The Kier molecular flexibility index (Phi) is 8.71. The fourth-order valence-corrected chi connectivity index (χ4v) is 0.943. The summed E-state index contributed by atoms with van der Waals surface area (Å²) in [4.78, 5) is 0.